The van der Waals surface area contributed by atoms with Gasteiger partial charge in [0.25, 0.3) is 0 Å². The molecule has 2 N–H and O–H groups in total. The monoisotopic (exact) mass is 341 g/mol. The van der Waals surface area contributed by atoms with E-state index in [1.165, 1.54) is 0 Å². The van der Waals surface area contributed by atoms with E-state index >= 15 is 0 Å². The molecule has 3 rings (SSSR count). The van der Waals surface area contributed by atoms with E-state index in [9.17, 15) is 9.59 Å². The number of fused-ring (bicyclic) bond motifs is 2. The molecule has 0 atom stereocenters. The summed E-state index contributed by atoms with van der Waals surface area (Å²) in [4.78, 5) is 24.7. The number of para-hydroxylation sites is 2. The number of benzene rings is 2. The van der Waals surface area contributed by atoms with Crippen LogP contribution < -0.4 is 5.32 Å². The highest BCUT2D eigenvalue weighted by molar-refractivity contribution is 7.99. The van der Waals surface area contributed by atoms with E-state index in [1.54, 1.807) is 17.8 Å². The van der Waals surface area contributed by atoms with Crippen LogP contribution in [0.3, 0.4) is 0 Å². The molecule has 122 valence electrons. The number of carboxylic acids is 1. The van der Waals surface area contributed by atoms with Crippen molar-refractivity contribution < 1.29 is 19.4 Å². The maximum Gasteiger partial charge on any atom is 0.338 e. The second kappa shape index (κ2) is 6.80. The van der Waals surface area contributed by atoms with Crippen molar-refractivity contribution in [1.29, 1.82) is 0 Å². The quantitative estimate of drug-likeness (QED) is 0.541. The first-order chi connectivity index (χ1) is 11.6. The highest BCUT2D eigenvalue weighted by Crippen LogP contribution is 2.46. The summed E-state index contributed by atoms with van der Waals surface area (Å²) in [5.74, 6) is -1.63. The molecule has 0 saturated carbocycles. The molecule has 0 fully saturated rings. The fourth-order valence-electron chi connectivity index (χ4n) is 2.34. The first-order valence-electron chi connectivity index (χ1n) is 7.31. The maximum absolute atomic E-state index is 12.1. The lowest BCUT2D eigenvalue weighted by atomic mass is 10.0. The molecule has 0 bridgehead atoms. The molecular formula is C18H15NO4S. The van der Waals surface area contributed by atoms with Gasteiger partial charge >= 0.3 is 11.9 Å². The van der Waals surface area contributed by atoms with Gasteiger partial charge in [0.2, 0.25) is 0 Å². The van der Waals surface area contributed by atoms with Crippen LogP contribution in [0.5, 0.6) is 0 Å². The Morgan fingerprint density at radius 2 is 1.88 bits per heavy atom. The van der Waals surface area contributed by atoms with Crippen LogP contribution in [0.15, 0.2) is 58.8 Å². The standard InChI is InChI=1S/C18H15NO4S/c1-11(18(22)23-10-9-16(20)21)12-5-4-8-15-17(12)19-13-6-2-3-7-14(13)24-15/h2-8,19H,1,9-10H2,(H,20,21). The summed E-state index contributed by atoms with van der Waals surface area (Å²) in [6, 6.07) is 13.5. The highest BCUT2D eigenvalue weighted by Gasteiger charge is 2.22. The number of carbonyl (C=O) groups excluding carboxylic acids is 1. The summed E-state index contributed by atoms with van der Waals surface area (Å²) in [6.45, 7) is 3.64. The number of carbonyl (C=O) groups is 2. The van der Waals surface area contributed by atoms with Crippen LogP contribution in [-0.2, 0) is 14.3 Å². The minimum absolute atomic E-state index is 0.173. The number of nitrogens with one attached hydrogen (secondary N) is 1. The summed E-state index contributed by atoms with van der Waals surface area (Å²) in [5, 5.41) is 11.9. The molecule has 0 amide bonds. The van der Waals surface area contributed by atoms with Crippen LogP contribution >= 0.6 is 11.8 Å². The third-order valence-electron chi connectivity index (χ3n) is 3.51. The first kappa shape index (κ1) is 16.1. The molecule has 0 saturated heterocycles. The molecule has 1 aliphatic rings. The van der Waals surface area contributed by atoms with Crippen LogP contribution in [0, 0.1) is 0 Å². The average Bonchev–Trinajstić information content (AvgIpc) is 2.58. The van der Waals surface area contributed by atoms with Crippen molar-refractivity contribution >= 4 is 40.6 Å². The maximum atomic E-state index is 12.1. The predicted octanol–water partition coefficient (Wildman–Crippen LogP) is 3.93. The van der Waals surface area contributed by atoms with Gasteiger partial charge in [0.05, 0.1) is 23.4 Å². The summed E-state index contributed by atoms with van der Waals surface area (Å²) < 4.78 is 4.98. The van der Waals surface area contributed by atoms with E-state index < -0.39 is 11.9 Å². The number of hydrogen-bond acceptors (Lipinski definition) is 5. The Morgan fingerprint density at radius 3 is 2.67 bits per heavy atom. The zero-order valence-electron chi connectivity index (χ0n) is 12.7. The molecule has 0 spiro atoms. The fraction of sp³-hybridized carbons (Fsp3) is 0.111. The third kappa shape index (κ3) is 3.28. The molecule has 5 nitrogen and oxygen atoms in total. The third-order valence-corrected chi connectivity index (χ3v) is 4.65. The number of carboxylic acid groups (broad SMARTS) is 1. The average molecular weight is 341 g/mol. The van der Waals surface area contributed by atoms with Crippen LogP contribution in [0.25, 0.3) is 5.57 Å². The lowest BCUT2D eigenvalue weighted by molar-refractivity contribution is -0.142. The van der Waals surface area contributed by atoms with Crippen molar-refractivity contribution in [1.82, 2.24) is 0 Å². The number of rotatable bonds is 5. The molecule has 1 heterocycles. The van der Waals surface area contributed by atoms with E-state index in [4.69, 9.17) is 9.84 Å². The minimum Gasteiger partial charge on any atom is -0.481 e. The van der Waals surface area contributed by atoms with E-state index in [1.807, 2.05) is 36.4 Å². The van der Waals surface area contributed by atoms with Gasteiger partial charge in [0.15, 0.2) is 0 Å². The highest BCUT2D eigenvalue weighted by atomic mass is 32.2. The van der Waals surface area contributed by atoms with E-state index in [2.05, 4.69) is 11.9 Å². The second-order valence-corrected chi connectivity index (χ2v) is 6.24. The topological polar surface area (TPSA) is 75.6 Å². The molecule has 0 aliphatic carbocycles. The largest absolute Gasteiger partial charge is 0.481 e. The Balaban J connectivity index is 1.82. The SMILES string of the molecule is C=C(C(=O)OCCC(=O)O)c1cccc2c1Nc1ccccc1S2. The molecule has 0 radical (unpaired) electrons. The van der Waals surface area contributed by atoms with Gasteiger partial charge in [-0.1, -0.05) is 42.6 Å². The summed E-state index contributed by atoms with van der Waals surface area (Å²) >= 11 is 1.61. The Labute approximate surface area is 143 Å². The summed E-state index contributed by atoms with van der Waals surface area (Å²) in [7, 11) is 0. The molecule has 2 aromatic carbocycles. The van der Waals surface area contributed by atoms with Crippen molar-refractivity contribution in [2.45, 2.75) is 16.2 Å². The second-order valence-electron chi connectivity index (χ2n) is 5.16. The van der Waals surface area contributed by atoms with Crippen LogP contribution in [0.2, 0.25) is 0 Å². The number of esters is 1. The molecule has 6 heteroatoms. The Morgan fingerprint density at radius 1 is 1.12 bits per heavy atom. The van der Waals surface area contributed by atoms with Crippen molar-refractivity contribution in [2.24, 2.45) is 0 Å². The fourth-order valence-corrected chi connectivity index (χ4v) is 3.36. The van der Waals surface area contributed by atoms with Crippen LogP contribution in [0.4, 0.5) is 11.4 Å². The van der Waals surface area contributed by atoms with Crippen molar-refractivity contribution in [3.05, 3.63) is 54.6 Å². The number of hydrogen-bond donors (Lipinski definition) is 2. The van der Waals surface area contributed by atoms with Crippen molar-refractivity contribution in [2.75, 3.05) is 11.9 Å². The summed E-state index contributed by atoms with van der Waals surface area (Å²) in [6.07, 6.45) is -0.229. The zero-order valence-corrected chi connectivity index (χ0v) is 13.6. The number of aliphatic carboxylic acids is 1. The van der Waals surface area contributed by atoms with Gasteiger partial charge in [-0.2, -0.15) is 0 Å². The van der Waals surface area contributed by atoms with Gasteiger partial charge in [-0.3, -0.25) is 4.79 Å². The molecule has 24 heavy (non-hydrogen) atoms. The molecule has 0 aromatic heterocycles. The first-order valence-corrected chi connectivity index (χ1v) is 8.13. The Kier molecular flexibility index (Phi) is 4.57. The normalized spacial score (nSPS) is 11.7. The predicted molar refractivity (Wildman–Crippen MR) is 92.5 cm³/mol. The van der Waals surface area contributed by atoms with Gasteiger partial charge in [-0.25, -0.2) is 4.79 Å². The smallest absolute Gasteiger partial charge is 0.338 e. The summed E-state index contributed by atoms with van der Waals surface area (Å²) in [5.41, 5.74) is 2.62. The minimum atomic E-state index is -1.01. The van der Waals surface area contributed by atoms with Gasteiger partial charge in [-0.15, -0.1) is 0 Å². The van der Waals surface area contributed by atoms with E-state index in [0.29, 0.717) is 5.56 Å². The molecule has 1 aliphatic heterocycles. The van der Waals surface area contributed by atoms with Crippen molar-refractivity contribution in [3.63, 3.8) is 0 Å². The molecule has 2 aromatic rings. The number of ether oxygens (including phenoxy) is 1. The van der Waals surface area contributed by atoms with Gasteiger partial charge in [-0.05, 0) is 18.2 Å². The van der Waals surface area contributed by atoms with Crippen LogP contribution in [0.1, 0.15) is 12.0 Å². The zero-order chi connectivity index (χ0) is 17.1. The Hall–Kier alpha value is -2.73. The van der Waals surface area contributed by atoms with E-state index in [0.717, 1.165) is 21.2 Å². The molecule has 0 unspecified atom stereocenters. The van der Waals surface area contributed by atoms with Gasteiger partial charge in [0.1, 0.15) is 6.61 Å². The van der Waals surface area contributed by atoms with Gasteiger partial charge < -0.3 is 15.2 Å². The van der Waals surface area contributed by atoms with E-state index in [-0.39, 0.29) is 18.6 Å². The lowest BCUT2D eigenvalue weighted by Crippen LogP contribution is -2.12. The van der Waals surface area contributed by atoms with Gasteiger partial charge in [0, 0.05) is 15.4 Å². The Bertz CT molecular complexity index is 832. The van der Waals surface area contributed by atoms with Crippen molar-refractivity contribution in [3.8, 4) is 0 Å². The van der Waals surface area contributed by atoms with Crippen LogP contribution in [-0.4, -0.2) is 23.7 Å². The molecular weight excluding hydrogens is 326 g/mol. The number of anilines is 2. The lowest BCUT2D eigenvalue weighted by Gasteiger charge is -2.23.